The lowest BCUT2D eigenvalue weighted by molar-refractivity contribution is -0.141. The molecule has 1 aliphatic rings. The van der Waals surface area contributed by atoms with Gasteiger partial charge in [0.05, 0.1) is 33.3 Å². The Bertz CT molecular complexity index is 1060. The van der Waals surface area contributed by atoms with Gasteiger partial charge in [0, 0.05) is 13.1 Å². The number of rotatable bonds is 4. The molecule has 0 saturated carbocycles. The highest BCUT2D eigenvalue weighted by atomic mass is 35.5. The number of carboxylic acid groups (broad SMARTS) is 1. The van der Waals surface area contributed by atoms with Gasteiger partial charge in [0.25, 0.3) is 5.91 Å². The molecular formula is C20H16ClF4N3O3. The zero-order chi connectivity index (χ0) is 22.9. The number of anilines is 1. The summed E-state index contributed by atoms with van der Waals surface area (Å²) in [5, 5.41) is 19.2. The highest BCUT2D eigenvalue weighted by Crippen LogP contribution is 2.35. The maximum Gasteiger partial charge on any atom is 0.417 e. The van der Waals surface area contributed by atoms with Crippen molar-refractivity contribution < 1.29 is 32.3 Å². The lowest BCUT2D eigenvalue weighted by Gasteiger charge is -2.22. The Morgan fingerprint density at radius 2 is 1.84 bits per heavy atom. The first-order valence-corrected chi connectivity index (χ1v) is 9.40. The van der Waals surface area contributed by atoms with Gasteiger partial charge >= 0.3 is 12.1 Å². The molecule has 0 aromatic heterocycles. The number of aliphatic carboxylic acids is 1. The maximum absolute atomic E-state index is 14.6. The summed E-state index contributed by atoms with van der Waals surface area (Å²) in [4.78, 5) is 25.2. The number of nitrogens with one attached hydrogen (secondary N) is 2. The molecule has 1 amide bonds. The minimum absolute atomic E-state index is 0.0291. The van der Waals surface area contributed by atoms with E-state index in [0.717, 1.165) is 18.2 Å². The summed E-state index contributed by atoms with van der Waals surface area (Å²) in [5.41, 5.74) is -2.68. The minimum atomic E-state index is -4.85. The van der Waals surface area contributed by atoms with E-state index >= 15 is 0 Å². The number of alkyl halides is 3. The summed E-state index contributed by atoms with van der Waals surface area (Å²) in [6.45, 7) is 0.152. The Morgan fingerprint density at radius 3 is 2.45 bits per heavy atom. The number of nitrogens with zero attached hydrogens (tertiary/aromatic N) is 1. The van der Waals surface area contributed by atoms with Crippen LogP contribution in [-0.4, -0.2) is 40.8 Å². The Hall–Kier alpha value is -3.14. The van der Waals surface area contributed by atoms with Crippen LogP contribution in [0.3, 0.4) is 0 Å². The monoisotopic (exact) mass is 457 g/mol. The van der Waals surface area contributed by atoms with Crippen molar-refractivity contribution in [2.24, 2.45) is 5.92 Å². The van der Waals surface area contributed by atoms with Gasteiger partial charge in [0.2, 0.25) is 0 Å². The van der Waals surface area contributed by atoms with E-state index in [9.17, 15) is 27.2 Å². The van der Waals surface area contributed by atoms with Crippen molar-refractivity contribution in [3.8, 4) is 0 Å². The Labute approximate surface area is 178 Å². The lowest BCUT2D eigenvalue weighted by Crippen LogP contribution is -2.31. The van der Waals surface area contributed by atoms with Gasteiger partial charge in [-0.1, -0.05) is 23.7 Å². The van der Waals surface area contributed by atoms with E-state index in [-0.39, 0.29) is 36.6 Å². The van der Waals surface area contributed by atoms with Crippen molar-refractivity contribution in [2.75, 3.05) is 18.4 Å². The van der Waals surface area contributed by atoms with Crippen LogP contribution in [0.1, 0.15) is 27.9 Å². The first kappa shape index (κ1) is 22.5. The second kappa shape index (κ2) is 8.54. The lowest BCUT2D eigenvalue weighted by atomic mass is 10.0. The molecule has 1 heterocycles. The van der Waals surface area contributed by atoms with Crippen LogP contribution < -0.4 is 5.32 Å². The Morgan fingerprint density at radius 1 is 1.16 bits per heavy atom. The number of hydrogen-bond acceptors (Lipinski definition) is 3. The molecule has 3 N–H and O–H groups in total. The third-order valence-electron chi connectivity index (χ3n) is 4.90. The van der Waals surface area contributed by atoms with Gasteiger partial charge in [0.1, 0.15) is 11.7 Å². The number of hydrogen-bond donors (Lipinski definition) is 3. The number of amidine groups is 1. The Balaban J connectivity index is 1.95. The zero-order valence-electron chi connectivity index (χ0n) is 15.8. The summed E-state index contributed by atoms with van der Waals surface area (Å²) in [6.07, 6.45) is -4.60. The molecule has 3 rings (SSSR count). The van der Waals surface area contributed by atoms with Crippen LogP contribution in [0.25, 0.3) is 0 Å². The predicted molar refractivity (Wildman–Crippen MR) is 105 cm³/mol. The molecule has 0 radical (unpaired) electrons. The molecule has 6 nitrogen and oxygen atoms in total. The summed E-state index contributed by atoms with van der Waals surface area (Å²) in [5.74, 6) is -4.27. The third kappa shape index (κ3) is 4.63. The minimum Gasteiger partial charge on any atom is -0.481 e. The number of halogens is 5. The molecule has 0 aliphatic carbocycles. The number of amides is 1. The second-order valence-corrected chi connectivity index (χ2v) is 7.30. The van der Waals surface area contributed by atoms with Gasteiger partial charge in [-0.2, -0.15) is 13.2 Å². The fourth-order valence-corrected chi connectivity index (χ4v) is 3.63. The average molecular weight is 458 g/mol. The van der Waals surface area contributed by atoms with Gasteiger partial charge in [-0.3, -0.25) is 15.0 Å². The average Bonchev–Trinajstić information content (AvgIpc) is 3.17. The molecule has 1 fully saturated rings. The molecule has 0 bridgehead atoms. The van der Waals surface area contributed by atoms with Gasteiger partial charge in [-0.05, 0) is 30.7 Å². The summed E-state index contributed by atoms with van der Waals surface area (Å²) in [7, 11) is 0. The summed E-state index contributed by atoms with van der Waals surface area (Å²) < 4.78 is 54.5. The molecule has 2 aromatic rings. The fraction of sp³-hybridized carbons (Fsp3) is 0.250. The number of carbonyl (C=O) groups excluding carboxylic acids is 1. The van der Waals surface area contributed by atoms with E-state index in [1.807, 2.05) is 0 Å². The van der Waals surface area contributed by atoms with Crippen LogP contribution in [-0.2, 0) is 11.0 Å². The normalized spacial score (nSPS) is 16.3. The SMILES string of the molecule is N=C(c1c(F)cccc1NC(=O)c1c(Cl)cccc1C(F)(F)F)N1CCC(C(=O)O)C1. The maximum atomic E-state index is 14.6. The third-order valence-corrected chi connectivity index (χ3v) is 5.21. The molecule has 1 aliphatic heterocycles. The predicted octanol–water partition coefficient (Wildman–Crippen LogP) is 4.48. The number of carbonyl (C=O) groups is 2. The van der Waals surface area contributed by atoms with Gasteiger partial charge in [-0.25, -0.2) is 4.39 Å². The van der Waals surface area contributed by atoms with Crippen LogP contribution in [0.15, 0.2) is 36.4 Å². The van der Waals surface area contributed by atoms with E-state index < -0.39 is 45.9 Å². The zero-order valence-corrected chi connectivity index (χ0v) is 16.5. The fourth-order valence-electron chi connectivity index (χ4n) is 3.37. The van der Waals surface area contributed by atoms with E-state index in [1.54, 1.807) is 0 Å². The summed E-state index contributed by atoms with van der Waals surface area (Å²) in [6, 6.07) is 6.36. The molecule has 1 saturated heterocycles. The number of likely N-dealkylation sites (tertiary alicyclic amines) is 1. The van der Waals surface area contributed by atoms with Crippen molar-refractivity contribution >= 4 is 35.0 Å². The topological polar surface area (TPSA) is 93.5 Å². The van der Waals surface area contributed by atoms with Crippen molar-refractivity contribution in [3.05, 3.63) is 63.9 Å². The van der Waals surface area contributed by atoms with Crippen molar-refractivity contribution in [2.45, 2.75) is 12.6 Å². The largest absolute Gasteiger partial charge is 0.481 e. The quantitative estimate of drug-likeness (QED) is 0.358. The molecule has 164 valence electrons. The number of carboxylic acids is 1. The first-order chi connectivity index (χ1) is 14.5. The van der Waals surface area contributed by atoms with E-state index in [1.165, 1.54) is 17.0 Å². The standard InChI is InChI=1S/C20H16ClF4N3O3/c21-12-4-1-3-11(20(23,24)25)15(12)18(29)27-14-6-2-5-13(22)16(14)17(26)28-8-7-10(9-28)19(30)31/h1-6,10,26H,7-9H2,(H,27,29)(H,30,31). The molecule has 11 heteroatoms. The van der Waals surface area contributed by atoms with Crippen LogP contribution in [0.5, 0.6) is 0 Å². The van der Waals surface area contributed by atoms with Gasteiger partial charge in [0.15, 0.2) is 0 Å². The van der Waals surface area contributed by atoms with E-state index in [4.69, 9.17) is 22.1 Å². The molecule has 0 spiro atoms. The molecule has 1 atom stereocenters. The van der Waals surface area contributed by atoms with Crippen LogP contribution >= 0.6 is 11.6 Å². The number of benzene rings is 2. The van der Waals surface area contributed by atoms with E-state index in [2.05, 4.69) is 5.32 Å². The first-order valence-electron chi connectivity index (χ1n) is 9.03. The molecule has 2 aromatic carbocycles. The van der Waals surface area contributed by atoms with Crippen LogP contribution in [0.2, 0.25) is 5.02 Å². The van der Waals surface area contributed by atoms with Crippen molar-refractivity contribution in [1.29, 1.82) is 5.41 Å². The highest BCUT2D eigenvalue weighted by Gasteiger charge is 2.37. The summed E-state index contributed by atoms with van der Waals surface area (Å²) >= 11 is 5.84. The van der Waals surface area contributed by atoms with E-state index in [0.29, 0.717) is 6.07 Å². The second-order valence-electron chi connectivity index (χ2n) is 6.90. The van der Waals surface area contributed by atoms with Crippen LogP contribution in [0.4, 0.5) is 23.2 Å². The molecule has 31 heavy (non-hydrogen) atoms. The van der Waals surface area contributed by atoms with Gasteiger partial charge in [-0.15, -0.1) is 0 Å². The van der Waals surface area contributed by atoms with Crippen molar-refractivity contribution in [3.63, 3.8) is 0 Å². The Kier molecular flexibility index (Phi) is 6.21. The molecular weight excluding hydrogens is 442 g/mol. The van der Waals surface area contributed by atoms with Crippen molar-refractivity contribution in [1.82, 2.24) is 4.90 Å². The molecule has 1 unspecified atom stereocenters. The van der Waals surface area contributed by atoms with Gasteiger partial charge < -0.3 is 15.3 Å². The smallest absolute Gasteiger partial charge is 0.417 e. The van der Waals surface area contributed by atoms with Crippen LogP contribution in [0, 0.1) is 17.1 Å². The highest BCUT2D eigenvalue weighted by molar-refractivity contribution is 6.34.